The first kappa shape index (κ1) is 20.5. The van der Waals surface area contributed by atoms with Crippen molar-refractivity contribution < 1.29 is 22.4 Å². The van der Waals surface area contributed by atoms with Crippen LogP contribution in [0.25, 0.3) is 17.4 Å². The van der Waals surface area contributed by atoms with Crippen LogP contribution in [0.1, 0.15) is 17.9 Å². The molecule has 0 atom stereocenters. The number of esters is 1. The van der Waals surface area contributed by atoms with Crippen molar-refractivity contribution in [2.45, 2.75) is 13.0 Å². The predicted octanol–water partition coefficient (Wildman–Crippen LogP) is 3.37. The normalized spacial score (nSPS) is 11.6. The summed E-state index contributed by atoms with van der Waals surface area (Å²) < 4.78 is 36.8. The van der Waals surface area contributed by atoms with Crippen molar-refractivity contribution in [3.63, 3.8) is 0 Å². The SMILES string of the molecule is O=C(CCNS(=O)(=O)/C=C/c1ccccc1)OCc1ncc(-c2ccccc2)o1. The minimum Gasteiger partial charge on any atom is -0.456 e. The van der Waals surface area contributed by atoms with Gasteiger partial charge in [0.2, 0.25) is 15.9 Å². The van der Waals surface area contributed by atoms with Gasteiger partial charge in [0.05, 0.1) is 12.6 Å². The predicted molar refractivity (Wildman–Crippen MR) is 109 cm³/mol. The molecule has 8 heteroatoms. The lowest BCUT2D eigenvalue weighted by molar-refractivity contribution is -0.145. The van der Waals surface area contributed by atoms with Crippen LogP contribution < -0.4 is 4.72 Å². The van der Waals surface area contributed by atoms with Gasteiger partial charge in [-0.3, -0.25) is 4.79 Å². The number of carbonyl (C=O) groups is 1. The van der Waals surface area contributed by atoms with E-state index in [1.807, 2.05) is 48.5 Å². The van der Waals surface area contributed by atoms with Crippen LogP contribution in [0, 0.1) is 0 Å². The molecular formula is C21H20N2O5S. The van der Waals surface area contributed by atoms with E-state index in [4.69, 9.17) is 9.15 Å². The van der Waals surface area contributed by atoms with Crippen molar-refractivity contribution in [3.8, 4) is 11.3 Å². The summed E-state index contributed by atoms with van der Waals surface area (Å²) >= 11 is 0. The Morgan fingerprint density at radius 2 is 1.76 bits per heavy atom. The number of oxazole rings is 1. The van der Waals surface area contributed by atoms with Crippen molar-refractivity contribution in [1.82, 2.24) is 9.71 Å². The molecule has 29 heavy (non-hydrogen) atoms. The third-order valence-corrected chi connectivity index (χ3v) is 4.94. The molecule has 0 unspecified atom stereocenters. The van der Waals surface area contributed by atoms with Crippen molar-refractivity contribution in [2.24, 2.45) is 0 Å². The first-order valence-corrected chi connectivity index (χ1v) is 10.4. The smallest absolute Gasteiger partial charge is 0.307 e. The summed E-state index contributed by atoms with van der Waals surface area (Å²) in [6.07, 6.45) is 2.93. The Kier molecular flexibility index (Phi) is 6.94. The summed E-state index contributed by atoms with van der Waals surface area (Å²) in [6, 6.07) is 18.5. The van der Waals surface area contributed by atoms with E-state index in [9.17, 15) is 13.2 Å². The van der Waals surface area contributed by atoms with Crippen LogP contribution in [0.4, 0.5) is 0 Å². The fourth-order valence-electron chi connectivity index (χ4n) is 2.40. The van der Waals surface area contributed by atoms with Gasteiger partial charge < -0.3 is 9.15 Å². The molecule has 0 saturated carbocycles. The van der Waals surface area contributed by atoms with E-state index < -0.39 is 16.0 Å². The number of nitrogens with zero attached hydrogens (tertiary/aromatic N) is 1. The van der Waals surface area contributed by atoms with Crippen LogP contribution >= 0.6 is 0 Å². The Bertz CT molecular complexity index is 1060. The number of benzene rings is 2. The molecular weight excluding hydrogens is 392 g/mol. The maximum absolute atomic E-state index is 11.9. The van der Waals surface area contributed by atoms with Gasteiger partial charge in [-0.2, -0.15) is 0 Å². The third-order valence-electron chi connectivity index (χ3n) is 3.84. The van der Waals surface area contributed by atoms with E-state index >= 15 is 0 Å². The molecule has 0 saturated heterocycles. The first-order valence-electron chi connectivity index (χ1n) is 8.90. The lowest BCUT2D eigenvalue weighted by Crippen LogP contribution is -2.24. The molecule has 0 aliphatic carbocycles. The number of ether oxygens (including phenoxy) is 1. The number of sulfonamides is 1. The van der Waals surface area contributed by atoms with Gasteiger partial charge in [0.25, 0.3) is 0 Å². The second-order valence-electron chi connectivity index (χ2n) is 6.05. The third kappa shape index (κ3) is 6.70. The minimum absolute atomic E-state index is 0.0683. The molecule has 0 radical (unpaired) electrons. The Hall–Kier alpha value is -3.23. The molecule has 3 aromatic rings. The number of nitrogens with one attached hydrogen (secondary N) is 1. The topological polar surface area (TPSA) is 98.5 Å². The van der Waals surface area contributed by atoms with E-state index in [1.54, 1.807) is 18.3 Å². The van der Waals surface area contributed by atoms with Crippen LogP contribution in [0.2, 0.25) is 0 Å². The van der Waals surface area contributed by atoms with Gasteiger partial charge in [0.15, 0.2) is 12.4 Å². The molecule has 1 aromatic heterocycles. The fraction of sp³-hybridized carbons (Fsp3) is 0.143. The highest BCUT2D eigenvalue weighted by atomic mass is 32.2. The van der Waals surface area contributed by atoms with Crippen LogP contribution in [0.5, 0.6) is 0 Å². The maximum Gasteiger partial charge on any atom is 0.307 e. The van der Waals surface area contributed by atoms with E-state index in [0.717, 1.165) is 16.5 Å². The van der Waals surface area contributed by atoms with Gasteiger partial charge in [-0.1, -0.05) is 60.7 Å². The van der Waals surface area contributed by atoms with Crippen molar-refractivity contribution in [1.29, 1.82) is 0 Å². The molecule has 0 spiro atoms. The van der Waals surface area contributed by atoms with Crippen molar-refractivity contribution in [3.05, 3.63) is 83.7 Å². The zero-order chi connectivity index (χ0) is 20.5. The van der Waals surface area contributed by atoms with Crippen LogP contribution in [0.3, 0.4) is 0 Å². The summed E-state index contributed by atoms with van der Waals surface area (Å²) in [6.45, 7) is -0.187. The number of hydrogen-bond donors (Lipinski definition) is 1. The molecule has 0 bridgehead atoms. The Labute approximate surface area is 169 Å². The lowest BCUT2D eigenvalue weighted by Gasteiger charge is -2.04. The quantitative estimate of drug-likeness (QED) is 0.541. The van der Waals surface area contributed by atoms with Gasteiger partial charge in [-0.05, 0) is 11.6 Å². The summed E-state index contributed by atoms with van der Waals surface area (Å²) in [5.41, 5.74) is 1.63. The molecule has 150 valence electrons. The standard InChI is InChI=1S/C21H20N2O5S/c24-21(11-13-23-29(25,26)14-12-17-7-3-1-4-8-17)27-16-20-22-15-19(28-20)18-9-5-2-6-10-18/h1-10,12,14-15,23H,11,13,16H2/b14-12+. The largest absolute Gasteiger partial charge is 0.456 e. The van der Waals surface area contributed by atoms with Gasteiger partial charge in [0, 0.05) is 17.5 Å². The average Bonchev–Trinajstić information content (AvgIpc) is 3.21. The molecule has 1 N–H and O–H groups in total. The summed E-state index contributed by atoms with van der Waals surface area (Å²) in [4.78, 5) is 15.9. The van der Waals surface area contributed by atoms with Crippen molar-refractivity contribution >= 4 is 22.1 Å². The van der Waals surface area contributed by atoms with Gasteiger partial charge >= 0.3 is 5.97 Å². The van der Waals surface area contributed by atoms with E-state index in [0.29, 0.717) is 5.76 Å². The van der Waals surface area contributed by atoms with Crippen molar-refractivity contribution in [2.75, 3.05) is 6.54 Å². The Balaban J connectivity index is 1.41. The van der Waals surface area contributed by atoms with Crippen LogP contribution in [-0.2, 0) is 26.2 Å². The molecule has 0 amide bonds. The molecule has 3 rings (SSSR count). The van der Waals surface area contributed by atoms with Gasteiger partial charge in [-0.25, -0.2) is 18.1 Å². The second-order valence-corrected chi connectivity index (χ2v) is 7.70. The maximum atomic E-state index is 11.9. The molecule has 0 aliphatic rings. The Morgan fingerprint density at radius 3 is 2.48 bits per heavy atom. The summed E-state index contributed by atoms with van der Waals surface area (Å²) in [5, 5.41) is 1.06. The van der Waals surface area contributed by atoms with E-state index in [1.165, 1.54) is 6.08 Å². The molecule has 0 aliphatic heterocycles. The second kappa shape index (κ2) is 9.81. The van der Waals surface area contributed by atoms with Gasteiger partial charge in [-0.15, -0.1) is 0 Å². The highest BCUT2D eigenvalue weighted by molar-refractivity contribution is 7.92. The molecule has 7 nitrogen and oxygen atoms in total. The molecule has 0 fully saturated rings. The zero-order valence-electron chi connectivity index (χ0n) is 15.5. The molecule has 1 heterocycles. The number of carbonyl (C=O) groups excluding carboxylic acids is 1. The number of aromatic nitrogens is 1. The van der Waals surface area contributed by atoms with Crippen LogP contribution in [0.15, 0.2) is 76.7 Å². The minimum atomic E-state index is -3.64. The van der Waals surface area contributed by atoms with Crippen LogP contribution in [-0.4, -0.2) is 25.9 Å². The number of hydrogen-bond acceptors (Lipinski definition) is 6. The van der Waals surface area contributed by atoms with E-state index in [-0.39, 0.29) is 25.5 Å². The highest BCUT2D eigenvalue weighted by Gasteiger charge is 2.11. The average molecular weight is 412 g/mol. The van der Waals surface area contributed by atoms with Gasteiger partial charge in [0.1, 0.15) is 0 Å². The fourth-order valence-corrected chi connectivity index (χ4v) is 3.22. The monoisotopic (exact) mass is 412 g/mol. The summed E-state index contributed by atoms with van der Waals surface area (Å²) in [5.74, 6) is 0.289. The molecule has 2 aromatic carbocycles. The summed E-state index contributed by atoms with van der Waals surface area (Å²) in [7, 11) is -3.64. The number of rotatable bonds is 9. The lowest BCUT2D eigenvalue weighted by atomic mass is 10.2. The highest BCUT2D eigenvalue weighted by Crippen LogP contribution is 2.20. The van der Waals surface area contributed by atoms with E-state index in [2.05, 4.69) is 9.71 Å². The zero-order valence-corrected chi connectivity index (χ0v) is 16.3. The first-order chi connectivity index (χ1) is 14.0. The Morgan fingerprint density at radius 1 is 1.07 bits per heavy atom.